The number of nitrogens with two attached hydrogens (primary N) is 1. The molecule has 8 heteroatoms. The molecule has 1 heterocycles. The molecule has 0 amide bonds. The van der Waals surface area contributed by atoms with Crippen molar-refractivity contribution in [3.8, 4) is 0 Å². The molecule has 0 fully saturated rings. The van der Waals surface area contributed by atoms with Crippen molar-refractivity contribution in [3.63, 3.8) is 0 Å². The number of rotatable bonds is 5. The van der Waals surface area contributed by atoms with Crippen LogP contribution in [0.15, 0.2) is 46.2 Å². The number of amidine groups is 1. The van der Waals surface area contributed by atoms with Crippen molar-refractivity contribution in [1.82, 2.24) is 0 Å². The first kappa shape index (κ1) is 14.7. The molecule has 0 saturated carbocycles. The van der Waals surface area contributed by atoms with Gasteiger partial charge in [0.15, 0.2) is 5.84 Å². The van der Waals surface area contributed by atoms with Gasteiger partial charge in [-0.2, -0.15) is 11.3 Å². The molecule has 21 heavy (non-hydrogen) atoms. The van der Waals surface area contributed by atoms with Crippen LogP contribution in [-0.2, 0) is 16.1 Å². The lowest BCUT2D eigenvalue weighted by molar-refractivity contribution is -0.384. The van der Waals surface area contributed by atoms with Crippen molar-refractivity contribution < 1.29 is 14.6 Å². The number of thiophene rings is 1. The van der Waals surface area contributed by atoms with E-state index in [2.05, 4.69) is 5.16 Å². The van der Waals surface area contributed by atoms with Gasteiger partial charge in [0.25, 0.3) is 5.69 Å². The van der Waals surface area contributed by atoms with Crippen LogP contribution in [0.4, 0.5) is 5.69 Å². The minimum absolute atomic E-state index is 0.0245. The molecule has 0 saturated heterocycles. The highest BCUT2D eigenvalue weighted by atomic mass is 32.1. The Kier molecular flexibility index (Phi) is 4.62. The highest BCUT2D eigenvalue weighted by Crippen LogP contribution is 2.12. The number of hydrogen-bond acceptors (Lipinski definition) is 6. The molecule has 0 bridgehead atoms. The lowest BCUT2D eigenvalue weighted by atomic mass is 10.2. The van der Waals surface area contributed by atoms with E-state index in [0.29, 0.717) is 5.56 Å². The quantitative estimate of drug-likeness (QED) is 0.299. The third-order valence-electron chi connectivity index (χ3n) is 2.55. The van der Waals surface area contributed by atoms with Crippen LogP contribution in [0.5, 0.6) is 0 Å². The van der Waals surface area contributed by atoms with E-state index in [4.69, 9.17) is 10.6 Å². The number of non-ortho nitro benzene ring substituents is 1. The highest BCUT2D eigenvalue weighted by molar-refractivity contribution is 7.07. The van der Waals surface area contributed by atoms with Gasteiger partial charge in [0, 0.05) is 17.7 Å². The summed E-state index contributed by atoms with van der Waals surface area (Å²) in [6.07, 6.45) is 0.112. The maximum Gasteiger partial charge on any atom is 0.339 e. The topological polar surface area (TPSA) is 108 Å². The summed E-state index contributed by atoms with van der Waals surface area (Å²) >= 11 is 1.48. The van der Waals surface area contributed by atoms with E-state index in [1.807, 2.05) is 16.8 Å². The Bertz CT molecular complexity index is 665. The van der Waals surface area contributed by atoms with Crippen molar-refractivity contribution >= 4 is 28.8 Å². The predicted molar refractivity (Wildman–Crippen MR) is 77.9 cm³/mol. The van der Waals surface area contributed by atoms with Gasteiger partial charge in [-0.1, -0.05) is 5.16 Å². The summed E-state index contributed by atoms with van der Waals surface area (Å²) in [4.78, 5) is 26.2. The molecule has 2 rings (SSSR count). The molecule has 2 N–H and O–H groups in total. The van der Waals surface area contributed by atoms with Gasteiger partial charge in [0.2, 0.25) is 0 Å². The molecule has 0 aliphatic heterocycles. The number of benzene rings is 1. The molecule has 0 unspecified atom stereocenters. The zero-order valence-electron chi connectivity index (χ0n) is 10.8. The van der Waals surface area contributed by atoms with E-state index >= 15 is 0 Å². The lowest BCUT2D eigenvalue weighted by Gasteiger charge is -2.00. The lowest BCUT2D eigenvalue weighted by Crippen LogP contribution is -2.15. The fourth-order valence-electron chi connectivity index (χ4n) is 1.50. The second kappa shape index (κ2) is 6.62. The van der Waals surface area contributed by atoms with Crippen LogP contribution in [0.25, 0.3) is 0 Å². The first-order valence-electron chi connectivity index (χ1n) is 5.85. The smallest absolute Gasteiger partial charge is 0.339 e. The molecule has 0 aliphatic carbocycles. The molecule has 7 nitrogen and oxygen atoms in total. The summed E-state index contributed by atoms with van der Waals surface area (Å²) in [5.74, 6) is -0.554. The van der Waals surface area contributed by atoms with Gasteiger partial charge in [-0.25, -0.2) is 4.79 Å². The standard InChI is InChI=1S/C13H11N3O4S/c14-13(10-1-3-11(4-2-10)16(18)19)15-20-12(17)7-9-5-6-21-8-9/h1-6,8H,7H2,(H2,14,15). The second-order valence-corrected chi connectivity index (χ2v) is 4.83. The monoisotopic (exact) mass is 305 g/mol. The van der Waals surface area contributed by atoms with Crippen molar-refractivity contribution in [2.45, 2.75) is 6.42 Å². The molecule has 1 aromatic carbocycles. The van der Waals surface area contributed by atoms with Crippen molar-refractivity contribution in [2.75, 3.05) is 0 Å². The van der Waals surface area contributed by atoms with E-state index in [0.717, 1.165) is 5.56 Å². The predicted octanol–water partition coefficient (Wildman–Crippen LogP) is 2.06. The summed E-state index contributed by atoms with van der Waals surface area (Å²) in [5, 5.41) is 17.7. The minimum atomic E-state index is -0.529. The Hall–Kier alpha value is -2.74. The van der Waals surface area contributed by atoms with E-state index < -0.39 is 10.9 Å². The molecule has 0 aliphatic rings. The number of carbonyl (C=O) groups excluding carboxylic acids is 1. The highest BCUT2D eigenvalue weighted by Gasteiger charge is 2.08. The van der Waals surface area contributed by atoms with Gasteiger partial charge in [0.05, 0.1) is 11.3 Å². The fraction of sp³-hybridized carbons (Fsp3) is 0.0769. The maximum atomic E-state index is 11.5. The zero-order valence-corrected chi connectivity index (χ0v) is 11.6. The average Bonchev–Trinajstić information content (AvgIpc) is 2.97. The third kappa shape index (κ3) is 4.11. The summed E-state index contributed by atoms with van der Waals surface area (Å²) in [6, 6.07) is 7.28. The van der Waals surface area contributed by atoms with E-state index in [1.165, 1.54) is 35.6 Å². The van der Waals surface area contributed by atoms with E-state index in [9.17, 15) is 14.9 Å². The largest absolute Gasteiger partial charge is 0.380 e. The first-order chi connectivity index (χ1) is 10.1. The molecule has 1 aromatic heterocycles. The van der Waals surface area contributed by atoms with Gasteiger partial charge in [-0.15, -0.1) is 0 Å². The van der Waals surface area contributed by atoms with Crippen LogP contribution in [0.3, 0.4) is 0 Å². The summed E-state index contributed by atoms with van der Waals surface area (Å²) in [6.45, 7) is 0. The fourth-order valence-corrected chi connectivity index (χ4v) is 2.17. The molecule has 0 atom stereocenters. The minimum Gasteiger partial charge on any atom is -0.380 e. The van der Waals surface area contributed by atoms with Crippen LogP contribution < -0.4 is 5.73 Å². The maximum absolute atomic E-state index is 11.5. The molecular formula is C13H11N3O4S. The number of hydrogen-bond donors (Lipinski definition) is 1. The van der Waals surface area contributed by atoms with Crippen molar-refractivity contribution in [2.24, 2.45) is 10.9 Å². The Morgan fingerprint density at radius 3 is 2.62 bits per heavy atom. The van der Waals surface area contributed by atoms with Gasteiger partial charge >= 0.3 is 5.97 Å². The SMILES string of the molecule is N/C(=N\OC(=O)Cc1ccsc1)c1ccc([N+](=O)[O-])cc1. The Labute approximate surface area is 123 Å². The average molecular weight is 305 g/mol. The third-order valence-corrected chi connectivity index (χ3v) is 3.28. The van der Waals surface area contributed by atoms with Crippen LogP contribution in [-0.4, -0.2) is 16.7 Å². The number of nitro benzene ring substituents is 1. The molecule has 2 aromatic rings. The number of nitrogens with zero attached hydrogens (tertiary/aromatic N) is 2. The van der Waals surface area contributed by atoms with Gasteiger partial charge < -0.3 is 10.6 Å². The van der Waals surface area contributed by atoms with Crippen molar-refractivity contribution in [3.05, 3.63) is 62.3 Å². The summed E-state index contributed by atoms with van der Waals surface area (Å²) < 4.78 is 0. The summed E-state index contributed by atoms with van der Waals surface area (Å²) in [7, 11) is 0. The zero-order chi connectivity index (χ0) is 15.2. The number of carbonyl (C=O) groups is 1. The second-order valence-electron chi connectivity index (χ2n) is 4.05. The Morgan fingerprint density at radius 1 is 1.33 bits per heavy atom. The summed E-state index contributed by atoms with van der Waals surface area (Å²) in [5.41, 5.74) is 6.87. The number of nitro groups is 1. The van der Waals surface area contributed by atoms with Crippen LogP contribution in [0.2, 0.25) is 0 Å². The van der Waals surface area contributed by atoms with Gasteiger partial charge in [-0.05, 0) is 34.5 Å². The first-order valence-corrected chi connectivity index (χ1v) is 6.80. The van der Waals surface area contributed by atoms with E-state index in [1.54, 1.807) is 0 Å². The Balaban J connectivity index is 1.97. The van der Waals surface area contributed by atoms with Gasteiger partial charge in [0.1, 0.15) is 0 Å². The number of oxime groups is 1. The van der Waals surface area contributed by atoms with Crippen LogP contribution in [0.1, 0.15) is 11.1 Å². The van der Waals surface area contributed by atoms with Crippen molar-refractivity contribution in [1.29, 1.82) is 0 Å². The van der Waals surface area contributed by atoms with Gasteiger partial charge in [-0.3, -0.25) is 10.1 Å². The van der Waals surface area contributed by atoms with E-state index in [-0.39, 0.29) is 17.9 Å². The molecule has 0 radical (unpaired) electrons. The van der Waals surface area contributed by atoms with Crippen LogP contribution in [0, 0.1) is 10.1 Å². The van der Waals surface area contributed by atoms with Crippen LogP contribution >= 0.6 is 11.3 Å². The molecule has 108 valence electrons. The molecular weight excluding hydrogens is 294 g/mol. The Morgan fingerprint density at radius 2 is 2.05 bits per heavy atom. The molecule has 0 spiro atoms. The normalized spacial score (nSPS) is 11.1.